The summed E-state index contributed by atoms with van der Waals surface area (Å²) in [5.41, 5.74) is 0.145. The van der Waals surface area contributed by atoms with E-state index in [1.807, 2.05) is 0 Å². The van der Waals surface area contributed by atoms with Crippen molar-refractivity contribution in [3.8, 4) is 0 Å². The van der Waals surface area contributed by atoms with Gasteiger partial charge in [-0.2, -0.15) is 0 Å². The fourth-order valence-electron chi connectivity index (χ4n) is 2.03. The normalized spacial score (nSPS) is 18.5. The van der Waals surface area contributed by atoms with Crippen molar-refractivity contribution in [3.05, 3.63) is 22.8 Å². The van der Waals surface area contributed by atoms with Gasteiger partial charge in [-0.1, -0.05) is 11.6 Å². The Morgan fingerprint density at radius 1 is 1.35 bits per heavy atom. The molecule has 1 aliphatic heterocycles. The lowest BCUT2D eigenvalue weighted by Crippen LogP contribution is -2.41. The molecule has 0 spiro atoms. The third kappa shape index (κ3) is 3.61. The van der Waals surface area contributed by atoms with Crippen LogP contribution in [0.3, 0.4) is 0 Å². The van der Waals surface area contributed by atoms with Crippen molar-refractivity contribution in [1.29, 1.82) is 0 Å². The van der Waals surface area contributed by atoms with Gasteiger partial charge in [-0.15, -0.1) is 0 Å². The number of sulfone groups is 1. The summed E-state index contributed by atoms with van der Waals surface area (Å²) in [6, 6.07) is 3.12. The van der Waals surface area contributed by atoms with Gasteiger partial charge >= 0.3 is 0 Å². The van der Waals surface area contributed by atoms with Gasteiger partial charge < -0.3 is 10.6 Å². The molecule has 1 saturated heterocycles. The molecule has 20 heavy (non-hydrogen) atoms. The highest BCUT2D eigenvalue weighted by atomic mass is 35.5. The van der Waals surface area contributed by atoms with Crippen LogP contribution in [0.2, 0.25) is 5.02 Å². The number of amides is 1. The van der Waals surface area contributed by atoms with Crippen LogP contribution in [0.15, 0.2) is 12.1 Å². The number of hydrogen-bond acceptors (Lipinski definition) is 5. The summed E-state index contributed by atoms with van der Waals surface area (Å²) >= 11 is 5.96. The lowest BCUT2D eigenvalue weighted by molar-refractivity contribution is 0.0929. The lowest BCUT2D eigenvalue weighted by atomic mass is 10.1. The zero-order valence-corrected chi connectivity index (χ0v) is 12.6. The van der Waals surface area contributed by atoms with Crippen molar-refractivity contribution in [2.75, 3.05) is 23.9 Å². The van der Waals surface area contributed by atoms with E-state index < -0.39 is 9.84 Å². The van der Waals surface area contributed by atoms with Crippen molar-refractivity contribution in [2.24, 2.45) is 0 Å². The largest absolute Gasteiger partial charge is 0.373 e. The van der Waals surface area contributed by atoms with Gasteiger partial charge in [-0.3, -0.25) is 4.79 Å². The first-order chi connectivity index (χ1) is 9.41. The Labute approximate surface area is 122 Å². The lowest BCUT2D eigenvalue weighted by Gasteiger charge is -2.23. The molecule has 0 bridgehead atoms. The number of nitrogens with one attached hydrogen (secondary N) is 2. The van der Waals surface area contributed by atoms with E-state index in [2.05, 4.69) is 15.6 Å². The highest BCUT2D eigenvalue weighted by Crippen LogP contribution is 2.18. The second kappa shape index (κ2) is 5.97. The van der Waals surface area contributed by atoms with E-state index in [1.165, 1.54) is 0 Å². The van der Waals surface area contributed by atoms with Crippen LogP contribution >= 0.6 is 11.6 Å². The van der Waals surface area contributed by atoms with E-state index in [4.69, 9.17) is 11.6 Å². The molecule has 6 nitrogen and oxygen atoms in total. The van der Waals surface area contributed by atoms with Gasteiger partial charge in [-0.25, -0.2) is 13.4 Å². The van der Waals surface area contributed by atoms with Crippen molar-refractivity contribution in [2.45, 2.75) is 18.9 Å². The number of aromatic nitrogens is 1. The second-order valence-corrected chi connectivity index (χ2v) is 7.39. The van der Waals surface area contributed by atoms with Crippen LogP contribution in [0, 0.1) is 0 Å². The van der Waals surface area contributed by atoms with Gasteiger partial charge in [0, 0.05) is 13.1 Å². The van der Waals surface area contributed by atoms with Crippen molar-refractivity contribution in [3.63, 3.8) is 0 Å². The summed E-state index contributed by atoms with van der Waals surface area (Å²) in [7, 11) is -1.24. The van der Waals surface area contributed by atoms with Crippen LogP contribution in [-0.2, 0) is 9.84 Å². The topological polar surface area (TPSA) is 88.2 Å². The maximum Gasteiger partial charge on any atom is 0.271 e. The maximum absolute atomic E-state index is 12.1. The predicted octanol–water partition coefficient (Wildman–Crippen LogP) is 1.08. The molecule has 2 heterocycles. The van der Waals surface area contributed by atoms with Gasteiger partial charge in [0.15, 0.2) is 0 Å². The fourth-order valence-corrected chi connectivity index (χ4v) is 3.71. The SMILES string of the molecule is CNc1ccc(Cl)c(C(=O)NC2CCS(=O)(=O)CC2)n1. The Bertz CT molecular complexity index is 604. The number of rotatable bonds is 3. The van der Waals surface area contributed by atoms with Gasteiger partial charge in [0.2, 0.25) is 0 Å². The molecule has 2 N–H and O–H groups in total. The summed E-state index contributed by atoms with van der Waals surface area (Å²) < 4.78 is 22.7. The summed E-state index contributed by atoms with van der Waals surface area (Å²) in [5.74, 6) is 0.382. The van der Waals surface area contributed by atoms with Crippen LogP contribution in [0.4, 0.5) is 5.82 Å². The molecule has 1 fully saturated rings. The van der Waals surface area contributed by atoms with E-state index in [9.17, 15) is 13.2 Å². The zero-order valence-electron chi connectivity index (χ0n) is 11.0. The van der Waals surface area contributed by atoms with Crippen LogP contribution < -0.4 is 10.6 Å². The standard InChI is InChI=1S/C12H16ClN3O3S/c1-14-10-3-2-9(13)11(16-10)12(17)15-8-4-6-20(18,19)7-5-8/h2-3,8H,4-7H2,1H3,(H,14,16)(H,15,17). The predicted molar refractivity (Wildman–Crippen MR) is 77.9 cm³/mol. The molecule has 0 unspecified atom stereocenters. The summed E-state index contributed by atoms with van der Waals surface area (Å²) in [4.78, 5) is 16.2. The minimum absolute atomic E-state index is 0.107. The number of anilines is 1. The highest BCUT2D eigenvalue weighted by molar-refractivity contribution is 7.91. The van der Waals surface area contributed by atoms with Gasteiger partial charge in [0.05, 0.1) is 16.5 Å². The molecule has 0 saturated carbocycles. The first-order valence-corrected chi connectivity index (χ1v) is 8.47. The first kappa shape index (κ1) is 15.1. The Hall–Kier alpha value is -1.34. The number of carbonyl (C=O) groups excluding carboxylic acids is 1. The number of pyridine rings is 1. The van der Waals surface area contributed by atoms with Crippen LogP contribution in [0.1, 0.15) is 23.3 Å². The van der Waals surface area contributed by atoms with Crippen LogP contribution in [0.25, 0.3) is 0 Å². The molecule has 0 aromatic carbocycles. The molecular formula is C12H16ClN3O3S. The monoisotopic (exact) mass is 317 g/mol. The molecule has 2 rings (SSSR count). The molecule has 1 aromatic rings. The van der Waals surface area contributed by atoms with E-state index in [1.54, 1.807) is 19.2 Å². The zero-order chi connectivity index (χ0) is 14.8. The van der Waals surface area contributed by atoms with Gasteiger partial charge in [0.25, 0.3) is 5.91 Å². The Morgan fingerprint density at radius 3 is 2.60 bits per heavy atom. The summed E-state index contributed by atoms with van der Waals surface area (Å²) in [6.45, 7) is 0. The Kier molecular flexibility index (Phi) is 4.49. The molecule has 1 amide bonds. The molecular weight excluding hydrogens is 302 g/mol. The molecule has 0 atom stereocenters. The van der Waals surface area contributed by atoms with E-state index >= 15 is 0 Å². The number of nitrogens with zero attached hydrogens (tertiary/aromatic N) is 1. The Balaban J connectivity index is 2.05. The van der Waals surface area contributed by atoms with Gasteiger partial charge in [-0.05, 0) is 25.0 Å². The summed E-state index contributed by atoms with van der Waals surface area (Å²) in [6.07, 6.45) is 0.856. The smallest absolute Gasteiger partial charge is 0.271 e. The van der Waals surface area contributed by atoms with E-state index in [0.717, 1.165) is 0 Å². The van der Waals surface area contributed by atoms with E-state index in [-0.39, 0.29) is 34.2 Å². The molecule has 8 heteroatoms. The molecule has 0 radical (unpaired) electrons. The van der Waals surface area contributed by atoms with Crippen LogP contribution in [-0.4, -0.2) is 43.9 Å². The molecule has 1 aromatic heterocycles. The fraction of sp³-hybridized carbons (Fsp3) is 0.500. The minimum atomic E-state index is -2.94. The number of halogens is 1. The summed E-state index contributed by atoms with van der Waals surface area (Å²) in [5, 5.41) is 5.89. The first-order valence-electron chi connectivity index (χ1n) is 6.27. The average Bonchev–Trinajstić information content (AvgIpc) is 2.41. The van der Waals surface area contributed by atoms with Crippen LogP contribution in [0.5, 0.6) is 0 Å². The third-order valence-corrected chi connectivity index (χ3v) is 5.23. The maximum atomic E-state index is 12.1. The quantitative estimate of drug-likeness (QED) is 0.871. The van der Waals surface area contributed by atoms with E-state index in [0.29, 0.717) is 18.7 Å². The average molecular weight is 318 g/mol. The highest BCUT2D eigenvalue weighted by Gasteiger charge is 2.25. The number of hydrogen-bond donors (Lipinski definition) is 2. The van der Waals surface area contributed by atoms with Gasteiger partial charge in [0.1, 0.15) is 21.3 Å². The van der Waals surface area contributed by atoms with Crippen molar-refractivity contribution in [1.82, 2.24) is 10.3 Å². The Morgan fingerprint density at radius 2 is 2.00 bits per heavy atom. The second-order valence-electron chi connectivity index (χ2n) is 4.68. The molecule has 1 aliphatic rings. The minimum Gasteiger partial charge on any atom is -0.373 e. The number of carbonyl (C=O) groups is 1. The van der Waals surface area contributed by atoms with Crippen molar-refractivity contribution >= 4 is 33.2 Å². The van der Waals surface area contributed by atoms with Crippen molar-refractivity contribution < 1.29 is 13.2 Å². The molecule has 110 valence electrons. The third-order valence-electron chi connectivity index (χ3n) is 3.21. The molecule has 0 aliphatic carbocycles.